The van der Waals surface area contributed by atoms with Gasteiger partial charge in [0, 0.05) is 30.2 Å². The van der Waals surface area contributed by atoms with Gasteiger partial charge in [-0.2, -0.15) is 0 Å². The molecule has 1 aliphatic heterocycles. The van der Waals surface area contributed by atoms with Crippen LogP contribution in [0, 0.1) is 0 Å². The van der Waals surface area contributed by atoms with Gasteiger partial charge in [-0.1, -0.05) is 11.6 Å². The monoisotopic (exact) mass is 384 g/mol. The summed E-state index contributed by atoms with van der Waals surface area (Å²) in [6, 6.07) is 5.78. The standard InChI is InChI=1S/C16H25ClN2O2.2ClH/c1-2-21-16-5-4-15(17)12-14(16)13-18-6-3-7-19-8-10-20-11-9-19;;/h4-5,12,18H,2-3,6-11,13H2,1H3;2*1H. The first-order valence-electron chi connectivity index (χ1n) is 7.71. The summed E-state index contributed by atoms with van der Waals surface area (Å²) < 4.78 is 11.0. The molecule has 0 aromatic heterocycles. The molecule has 0 aliphatic carbocycles. The Hall–Kier alpha value is -0.230. The van der Waals surface area contributed by atoms with E-state index in [-0.39, 0.29) is 24.8 Å². The zero-order chi connectivity index (χ0) is 14.9. The number of ether oxygens (including phenoxy) is 2. The molecule has 0 radical (unpaired) electrons. The van der Waals surface area contributed by atoms with Gasteiger partial charge in [0.25, 0.3) is 0 Å². The van der Waals surface area contributed by atoms with Crippen molar-refractivity contribution in [2.75, 3.05) is 46.0 Å². The van der Waals surface area contributed by atoms with Crippen LogP contribution in [0.5, 0.6) is 5.75 Å². The van der Waals surface area contributed by atoms with Gasteiger partial charge in [-0.3, -0.25) is 4.90 Å². The summed E-state index contributed by atoms with van der Waals surface area (Å²) >= 11 is 6.06. The molecule has 0 spiro atoms. The van der Waals surface area contributed by atoms with Gasteiger partial charge < -0.3 is 14.8 Å². The Bertz CT molecular complexity index is 430. The molecular formula is C16H27Cl3N2O2. The van der Waals surface area contributed by atoms with Gasteiger partial charge in [-0.25, -0.2) is 0 Å². The van der Waals surface area contributed by atoms with Crippen LogP contribution in [-0.2, 0) is 11.3 Å². The van der Waals surface area contributed by atoms with Gasteiger partial charge in [-0.15, -0.1) is 24.8 Å². The smallest absolute Gasteiger partial charge is 0.123 e. The fourth-order valence-corrected chi connectivity index (χ4v) is 2.65. The minimum atomic E-state index is 0. The molecule has 1 aromatic rings. The minimum absolute atomic E-state index is 0. The molecule has 0 saturated carbocycles. The summed E-state index contributed by atoms with van der Waals surface area (Å²) in [5.74, 6) is 0.919. The molecule has 1 aromatic carbocycles. The molecule has 0 atom stereocenters. The molecule has 2 rings (SSSR count). The Morgan fingerprint density at radius 3 is 2.70 bits per heavy atom. The van der Waals surface area contributed by atoms with Crippen molar-refractivity contribution in [2.45, 2.75) is 19.9 Å². The topological polar surface area (TPSA) is 33.7 Å². The normalized spacial score (nSPS) is 14.7. The summed E-state index contributed by atoms with van der Waals surface area (Å²) in [5.41, 5.74) is 1.12. The van der Waals surface area contributed by atoms with Crippen molar-refractivity contribution in [1.82, 2.24) is 10.2 Å². The van der Waals surface area contributed by atoms with Crippen LogP contribution in [0.3, 0.4) is 0 Å². The van der Waals surface area contributed by atoms with E-state index in [2.05, 4.69) is 10.2 Å². The van der Waals surface area contributed by atoms with Crippen LogP contribution >= 0.6 is 36.4 Å². The fourth-order valence-electron chi connectivity index (χ4n) is 2.46. The first kappa shape index (κ1) is 22.8. The van der Waals surface area contributed by atoms with Gasteiger partial charge >= 0.3 is 0 Å². The average molecular weight is 386 g/mol. The molecule has 7 heteroatoms. The summed E-state index contributed by atoms with van der Waals surface area (Å²) in [6.07, 6.45) is 1.14. The Morgan fingerprint density at radius 2 is 2.00 bits per heavy atom. The van der Waals surface area contributed by atoms with E-state index in [1.807, 2.05) is 25.1 Å². The predicted octanol–water partition coefficient (Wildman–Crippen LogP) is 3.39. The third-order valence-corrected chi connectivity index (χ3v) is 3.80. The summed E-state index contributed by atoms with van der Waals surface area (Å²) in [7, 11) is 0. The largest absolute Gasteiger partial charge is 0.494 e. The zero-order valence-corrected chi connectivity index (χ0v) is 15.9. The van der Waals surface area contributed by atoms with Crippen LogP contribution in [-0.4, -0.2) is 50.9 Å². The van der Waals surface area contributed by atoms with Crippen molar-refractivity contribution in [3.05, 3.63) is 28.8 Å². The Balaban J connectivity index is 0.00000242. The highest BCUT2D eigenvalue weighted by molar-refractivity contribution is 6.30. The fraction of sp³-hybridized carbons (Fsp3) is 0.625. The maximum absolute atomic E-state index is 6.06. The van der Waals surface area contributed by atoms with E-state index in [1.54, 1.807) is 0 Å². The molecule has 23 heavy (non-hydrogen) atoms. The van der Waals surface area contributed by atoms with Gasteiger partial charge in [0.2, 0.25) is 0 Å². The molecule has 1 fully saturated rings. The first-order valence-corrected chi connectivity index (χ1v) is 8.09. The number of benzene rings is 1. The molecule has 1 N–H and O–H groups in total. The van der Waals surface area contributed by atoms with E-state index < -0.39 is 0 Å². The van der Waals surface area contributed by atoms with E-state index >= 15 is 0 Å². The molecule has 1 saturated heterocycles. The van der Waals surface area contributed by atoms with Crippen LogP contribution < -0.4 is 10.1 Å². The molecule has 4 nitrogen and oxygen atoms in total. The first-order chi connectivity index (χ1) is 10.3. The Morgan fingerprint density at radius 1 is 1.26 bits per heavy atom. The number of hydrogen-bond donors (Lipinski definition) is 1. The van der Waals surface area contributed by atoms with Gasteiger partial charge in [0.15, 0.2) is 0 Å². The van der Waals surface area contributed by atoms with Crippen molar-refractivity contribution >= 4 is 36.4 Å². The van der Waals surface area contributed by atoms with Crippen LogP contribution in [0.25, 0.3) is 0 Å². The molecule has 0 unspecified atom stereocenters. The van der Waals surface area contributed by atoms with Gasteiger partial charge in [-0.05, 0) is 44.6 Å². The second-order valence-electron chi connectivity index (χ2n) is 5.17. The predicted molar refractivity (Wildman–Crippen MR) is 101 cm³/mol. The number of morpholine rings is 1. The second-order valence-corrected chi connectivity index (χ2v) is 5.61. The van der Waals surface area contributed by atoms with Crippen LogP contribution in [0.2, 0.25) is 5.02 Å². The lowest BCUT2D eigenvalue weighted by molar-refractivity contribution is 0.0374. The SMILES string of the molecule is CCOc1ccc(Cl)cc1CNCCCN1CCOCC1.Cl.Cl. The van der Waals surface area contributed by atoms with E-state index in [4.69, 9.17) is 21.1 Å². The summed E-state index contributed by atoms with van der Waals surface area (Å²) in [5, 5.41) is 4.22. The molecule has 1 heterocycles. The lowest BCUT2D eigenvalue weighted by atomic mass is 10.2. The van der Waals surface area contributed by atoms with Crippen molar-refractivity contribution in [3.63, 3.8) is 0 Å². The molecule has 0 bridgehead atoms. The van der Waals surface area contributed by atoms with E-state index in [0.717, 1.165) is 68.7 Å². The van der Waals surface area contributed by atoms with E-state index in [0.29, 0.717) is 6.61 Å². The van der Waals surface area contributed by atoms with Crippen LogP contribution in [0.1, 0.15) is 18.9 Å². The number of rotatable bonds is 8. The van der Waals surface area contributed by atoms with Crippen molar-refractivity contribution in [3.8, 4) is 5.75 Å². The van der Waals surface area contributed by atoms with Crippen LogP contribution in [0.4, 0.5) is 0 Å². The number of halogens is 3. The molecular weight excluding hydrogens is 359 g/mol. The third kappa shape index (κ3) is 8.43. The van der Waals surface area contributed by atoms with E-state index in [1.165, 1.54) is 0 Å². The van der Waals surface area contributed by atoms with Gasteiger partial charge in [0.05, 0.1) is 19.8 Å². The zero-order valence-electron chi connectivity index (χ0n) is 13.6. The maximum Gasteiger partial charge on any atom is 0.123 e. The molecule has 0 amide bonds. The highest BCUT2D eigenvalue weighted by atomic mass is 35.5. The Labute approximate surface area is 156 Å². The van der Waals surface area contributed by atoms with E-state index in [9.17, 15) is 0 Å². The quantitative estimate of drug-likeness (QED) is 0.695. The van der Waals surface area contributed by atoms with Crippen LogP contribution in [0.15, 0.2) is 18.2 Å². The third-order valence-electron chi connectivity index (χ3n) is 3.57. The van der Waals surface area contributed by atoms with Crippen molar-refractivity contribution in [2.24, 2.45) is 0 Å². The molecule has 1 aliphatic rings. The highest BCUT2D eigenvalue weighted by Crippen LogP contribution is 2.22. The lowest BCUT2D eigenvalue weighted by Crippen LogP contribution is -2.37. The second kappa shape index (κ2) is 13.1. The summed E-state index contributed by atoms with van der Waals surface area (Å²) in [6.45, 7) is 9.44. The Kier molecular flexibility index (Phi) is 13.0. The number of nitrogens with one attached hydrogen (secondary N) is 1. The number of hydrogen-bond acceptors (Lipinski definition) is 4. The summed E-state index contributed by atoms with van der Waals surface area (Å²) in [4.78, 5) is 2.45. The highest BCUT2D eigenvalue weighted by Gasteiger charge is 2.09. The van der Waals surface area contributed by atoms with Crippen molar-refractivity contribution < 1.29 is 9.47 Å². The van der Waals surface area contributed by atoms with Crippen molar-refractivity contribution in [1.29, 1.82) is 0 Å². The van der Waals surface area contributed by atoms with Gasteiger partial charge in [0.1, 0.15) is 5.75 Å². The average Bonchev–Trinajstić information content (AvgIpc) is 2.51. The minimum Gasteiger partial charge on any atom is -0.494 e. The molecule has 134 valence electrons. The maximum atomic E-state index is 6.06. The lowest BCUT2D eigenvalue weighted by Gasteiger charge is -2.26. The number of nitrogens with zero attached hydrogens (tertiary/aromatic N) is 1.